The molecule has 0 spiro atoms. The molecule has 3 rings (SSSR count). The second-order valence-electron chi connectivity index (χ2n) is 5.47. The van der Waals surface area contributed by atoms with E-state index in [4.69, 9.17) is 21.9 Å². The van der Waals surface area contributed by atoms with Gasteiger partial charge in [-0.2, -0.15) is 4.98 Å². The van der Waals surface area contributed by atoms with Crippen LogP contribution < -0.4 is 5.73 Å². The van der Waals surface area contributed by atoms with Crippen LogP contribution in [0.4, 0.5) is 0 Å². The Morgan fingerprint density at radius 1 is 1.25 bits per heavy atom. The predicted molar refractivity (Wildman–Crippen MR) is 76.2 cm³/mol. The lowest BCUT2D eigenvalue weighted by atomic mass is 9.80. The van der Waals surface area contributed by atoms with Gasteiger partial charge < -0.3 is 10.3 Å². The van der Waals surface area contributed by atoms with E-state index in [2.05, 4.69) is 15.1 Å². The monoisotopic (exact) mass is 292 g/mol. The summed E-state index contributed by atoms with van der Waals surface area (Å²) in [6.07, 6.45) is 7.86. The third-order valence-corrected chi connectivity index (χ3v) is 4.00. The van der Waals surface area contributed by atoms with Crippen molar-refractivity contribution >= 4 is 11.6 Å². The molecule has 0 unspecified atom stereocenters. The second-order valence-corrected chi connectivity index (χ2v) is 5.91. The van der Waals surface area contributed by atoms with Crippen molar-refractivity contribution in [1.29, 1.82) is 0 Å². The largest absolute Gasteiger partial charge is 0.339 e. The van der Waals surface area contributed by atoms with Crippen molar-refractivity contribution in [2.24, 2.45) is 5.73 Å². The van der Waals surface area contributed by atoms with Gasteiger partial charge in [0, 0.05) is 18.2 Å². The van der Waals surface area contributed by atoms with E-state index in [1.807, 2.05) is 0 Å². The number of halogens is 1. The third-order valence-electron chi connectivity index (χ3n) is 3.78. The molecule has 0 amide bonds. The summed E-state index contributed by atoms with van der Waals surface area (Å²) in [4.78, 5) is 8.56. The number of aromatic nitrogens is 3. The molecule has 0 aliphatic heterocycles. The number of nitrogens with zero attached hydrogens (tertiary/aromatic N) is 3. The van der Waals surface area contributed by atoms with Crippen LogP contribution in [0.25, 0.3) is 11.5 Å². The van der Waals surface area contributed by atoms with Crippen molar-refractivity contribution in [2.45, 2.75) is 44.1 Å². The molecule has 1 aliphatic carbocycles. The van der Waals surface area contributed by atoms with E-state index in [-0.39, 0.29) is 5.54 Å². The van der Waals surface area contributed by atoms with Crippen LogP contribution in [0.2, 0.25) is 5.02 Å². The minimum absolute atomic E-state index is 0.199. The van der Waals surface area contributed by atoms with Gasteiger partial charge in [-0.3, -0.25) is 4.98 Å². The van der Waals surface area contributed by atoms with Crippen LogP contribution in [0.1, 0.15) is 38.0 Å². The molecular formula is C14H17ClN4O. The van der Waals surface area contributed by atoms with E-state index in [9.17, 15) is 0 Å². The van der Waals surface area contributed by atoms with E-state index >= 15 is 0 Å². The highest BCUT2D eigenvalue weighted by molar-refractivity contribution is 6.30. The SMILES string of the molecule is NC1(Cc2nc(-c3ccc(Cl)cn3)no2)CCCCC1. The van der Waals surface area contributed by atoms with Gasteiger partial charge in [0.05, 0.1) is 5.02 Å². The van der Waals surface area contributed by atoms with Crippen molar-refractivity contribution in [2.75, 3.05) is 0 Å². The van der Waals surface area contributed by atoms with Crippen LogP contribution >= 0.6 is 11.6 Å². The van der Waals surface area contributed by atoms with Crippen LogP contribution in [-0.2, 0) is 6.42 Å². The maximum Gasteiger partial charge on any atom is 0.228 e. The Bertz CT molecular complexity index is 575. The van der Waals surface area contributed by atoms with E-state index in [0.717, 1.165) is 12.8 Å². The fourth-order valence-electron chi connectivity index (χ4n) is 2.67. The summed E-state index contributed by atoms with van der Waals surface area (Å²) >= 11 is 5.81. The third kappa shape index (κ3) is 2.99. The van der Waals surface area contributed by atoms with Crippen LogP contribution in [0.15, 0.2) is 22.9 Å². The molecule has 20 heavy (non-hydrogen) atoms. The van der Waals surface area contributed by atoms with E-state index in [1.165, 1.54) is 19.3 Å². The summed E-state index contributed by atoms with van der Waals surface area (Å²) in [5.41, 5.74) is 6.85. The zero-order valence-electron chi connectivity index (χ0n) is 11.2. The lowest BCUT2D eigenvalue weighted by Gasteiger charge is -2.31. The highest BCUT2D eigenvalue weighted by atomic mass is 35.5. The highest BCUT2D eigenvalue weighted by Gasteiger charge is 2.30. The van der Waals surface area contributed by atoms with Gasteiger partial charge in [0.2, 0.25) is 11.7 Å². The van der Waals surface area contributed by atoms with Gasteiger partial charge in [-0.15, -0.1) is 0 Å². The van der Waals surface area contributed by atoms with Crippen molar-refractivity contribution in [1.82, 2.24) is 15.1 Å². The first-order valence-electron chi connectivity index (χ1n) is 6.88. The standard InChI is InChI=1S/C14H17ClN4O/c15-10-4-5-11(17-9-10)13-18-12(20-19-13)8-14(16)6-2-1-3-7-14/h4-5,9H,1-3,6-8,16H2. The number of pyridine rings is 1. The maximum atomic E-state index is 6.40. The van der Waals surface area contributed by atoms with Crippen LogP contribution in [-0.4, -0.2) is 20.7 Å². The van der Waals surface area contributed by atoms with E-state index < -0.39 is 0 Å². The zero-order chi connectivity index (χ0) is 14.0. The molecule has 0 aromatic carbocycles. The first-order chi connectivity index (χ1) is 9.65. The average molecular weight is 293 g/mol. The summed E-state index contributed by atoms with van der Waals surface area (Å²) in [7, 11) is 0. The zero-order valence-corrected chi connectivity index (χ0v) is 11.9. The van der Waals surface area contributed by atoms with Gasteiger partial charge in [-0.05, 0) is 25.0 Å². The molecule has 1 aliphatic rings. The summed E-state index contributed by atoms with van der Waals surface area (Å²) in [6, 6.07) is 3.53. The fourth-order valence-corrected chi connectivity index (χ4v) is 2.78. The lowest BCUT2D eigenvalue weighted by Crippen LogP contribution is -2.43. The molecule has 2 aromatic rings. The smallest absolute Gasteiger partial charge is 0.228 e. The van der Waals surface area contributed by atoms with Gasteiger partial charge in [0.1, 0.15) is 5.69 Å². The Hall–Kier alpha value is -1.46. The quantitative estimate of drug-likeness (QED) is 0.941. The van der Waals surface area contributed by atoms with E-state index in [0.29, 0.717) is 28.9 Å². The Morgan fingerprint density at radius 2 is 2.05 bits per heavy atom. The van der Waals surface area contributed by atoms with Crippen molar-refractivity contribution in [3.8, 4) is 11.5 Å². The summed E-state index contributed by atoms with van der Waals surface area (Å²) in [5.74, 6) is 1.07. The van der Waals surface area contributed by atoms with Crippen molar-refractivity contribution in [3.63, 3.8) is 0 Å². The molecule has 1 fully saturated rings. The molecule has 106 valence electrons. The predicted octanol–water partition coefficient (Wildman–Crippen LogP) is 2.99. The van der Waals surface area contributed by atoms with Gasteiger partial charge in [0.15, 0.2) is 0 Å². The molecule has 0 saturated heterocycles. The molecule has 6 heteroatoms. The maximum absolute atomic E-state index is 6.40. The molecule has 2 heterocycles. The first kappa shape index (κ1) is 13.5. The van der Waals surface area contributed by atoms with Crippen LogP contribution in [0.5, 0.6) is 0 Å². The lowest BCUT2D eigenvalue weighted by molar-refractivity contribution is 0.261. The van der Waals surface area contributed by atoms with Gasteiger partial charge in [-0.25, -0.2) is 0 Å². The van der Waals surface area contributed by atoms with Gasteiger partial charge in [0.25, 0.3) is 0 Å². The first-order valence-corrected chi connectivity index (χ1v) is 7.26. The molecule has 0 atom stereocenters. The molecule has 2 N–H and O–H groups in total. The number of hydrogen-bond acceptors (Lipinski definition) is 5. The molecule has 0 radical (unpaired) electrons. The number of hydrogen-bond donors (Lipinski definition) is 1. The average Bonchev–Trinajstić information content (AvgIpc) is 2.88. The Balaban J connectivity index is 1.75. The highest BCUT2D eigenvalue weighted by Crippen LogP contribution is 2.29. The van der Waals surface area contributed by atoms with Crippen LogP contribution in [0.3, 0.4) is 0 Å². The topological polar surface area (TPSA) is 77.8 Å². The summed E-state index contributed by atoms with van der Waals surface area (Å²) in [5, 5.41) is 4.55. The Labute approximate surface area is 122 Å². The van der Waals surface area contributed by atoms with Crippen LogP contribution in [0, 0.1) is 0 Å². The number of rotatable bonds is 3. The van der Waals surface area contributed by atoms with Gasteiger partial charge in [-0.1, -0.05) is 36.0 Å². The molecule has 0 bridgehead atoms. The van der Waals surface area contributed by atoms with Crippen molar-refractivity contribution < 1.29 is 4.52 Å². The summed E-state index contributed by atoms with van der Waals surface area (Å²) in [6.45, 7) is 0. The molecular weight excluding hydrogens is 276 g/mol. The molecule has 5 nitrogen and oxygen atoms in total. The normalized spacial score (nSPS) is 18.1. The fraction of sp³-hybridized carbons (Fsp3) is 0.500. The van der Waals surface area contributed by atoms with E-state index in [1.54, 1.807) is 18.3 Å². The second kappa shape index (κ2) is 5.50. The number of nitrogens with two attached hydrogens (primary N) is 1. The minimum Gasteiger partial charge on any atom is -0.339 e. The minimum atomic E-state index is -0.199. The van der Waals surface area contributed by atoms with Gasteiger partial charge >= 0.3 is 0 Å². The molecule has 2 aromatic heterocycles. The molecule has 1 saturated carbocycles. The van der Waals surface area contributed by atoms with Crippen molar-refractivity contribution in [3.05, 3.63) is 29.2 Å². The Morgan fingerprint density at radius 3 is 2.75 bits per heavy atom. The Kier molecular flexibility index (Phi) is 3.72. The summed E-state index contributed by atoms with van der Waals surface area (Å²) < 4.78 is 5.30.